The molecule has 0 spiro atoms. The highest BCUT2D eigenvalue weighted by atomic mass is 35.5. The van der Waals surface area contributed by atoms with Gasteiger partial charge < -0.3 is 35.8 Å². The van der Waals surface area contributed by atoms with Crippen LogP contribution in [-0.2, 0) is 4.74 Å². The van der Waals surface area contributed by atoms with Crippen LogP contribution in [0, 0.1) is 5.21 Å². The molecule has 20 heavy (non-hydrogen) atoms. The molecule has 8 nitrogen and oxygen atoms in total. The van der Waals surface area contributed by atoms with Crippen molar-refractivity contribution in [2.75, 3.05) is 17.2 Å². The number of halogens is 1. The zero-order valence-corrected chi connectivity index (χ0v) is 10.9. The largest absolute Gasteiger partial charge is 0.733 e. The van der Waals surface area contributed by atoms with Crippen LogP contribution in [0.15, 0.2) is 18.2 Å². The molecule has 112 valence electrons. The van der Waals surface area contributed by atoms with Crippen molar-refractivity contribution < 1.29 is 25.3 Å². The molecule has 9 heteroatoms. The number of nitrogens with zero attached hydrogens (tertiary/aromatic N) is 1. The maximum Gasteiger partial charge on any atom is 0.156 e. The molecule has 4 atom stereocenters. The Kier molecular flexibility index (Phi) is 4.66. The standard InChI is InChI=1S/C11H14ClN2O6/c12-6-2-1-5(3-7(6)14(18)19)13-11-10(17)9(16)8(15)4-20-11/h1-3,8-11,13,15-18H,4H2/q-1. The van der Waals surface area contributed by atoms with Gasteiger partial charge >= 0.3 is 0 Å². The van der Waals surface area contributed by atoms with Crippen molar-refractivity contribution in [1.29, 1.82) is 0 Å². The smallest absolute Gasteiger partial charge is 0.156 e. The van der Waals surface area contributed by atoms with E-state index < -0.39 is 24.5 Å². The van der Waals surface area contributed by atoms with Crippen molar-refractivity contribution in [2.24, 2.45) is 0 Å². The van der Waals surface area contributed by atoms with E-state index in [0.717, 1.165) is 0 Å². The topological polar surface area (TPSA) is 128 Å². The van der Waals surface area contributed by atoms with Crippen molar-refractivity contribution in [1.82, 2.24) is 0 Å². The molecule has 1 heterocycles. The molecule has 1 aromatic carbocycles. The van der Waals surface area contributed by atoms with Gasteiger partial charge in [-0.05, 0) is 18.2 Å². The fourth-order valence-corrected chi connectivity index (χ4v) is 2.04. The van der Waals surface area contributed by atoms with Gasteiger partial charge in [-0.15, -0.1) is 0 Å². The lowest BCUT2D eigenvalue weighted by atomic mass is 10.0. The molecule has 1 fully saturated rings. The van der Waals surface area contributed by atoms with Gasteiger partial charge in [-0.1, -0.05) is 11.6 Å². The van der Waals surface area contributed by atoms with E-state index in [1.165, 1.54) is 18.2 Å². The van der Waals surface area contributed by atoms with Gasteiger partial charge in [0, 0.05) is 5.69 Å². The fourth-order valence-electron chi connectivity index (χ4n) is 1.85. The molecule has 4 unspecified atom stereocenters. The predicted molar refractivity (Wildman–Crippen MR) is 70.5 cm³/mol. The average Bonchev–Trinajstić information content (AvgIpc) is 2.41. The molecular weight excluding hydrogens is 292 g/mol. The van der Waals surface area contributed by atoms with Crippen LogP contribution < -0.4 is 10.5 Å². The van der Waals surface area contributed by atoms with E-state index in [1.807, 2.05) is 0 Å². The Morgan fingerprint density at radius 3 is 2.65 bits per heavy atom. The highest BCUT2D eigenvalue weighted by molar-refractivity contribution is 6.33. The van der Waals surface area contributed by atoms with Crippen LogP contribution >= 0.6 is 11.6 Å². The Morgan fingerprint density at radius 2 is 2.00 bits per heavy atom. The Bertz CT molecular complexity index is 474. The van der Waals surface area contributed by atoms with Crippen molar-refractivity contribution in [2.45, 2.75) is 24.5 Å². The van der Waals surface area contributed by atoms with E-state index in [-0.39, 0.29) is 22.5 Å². The minimum atomic E-state index is -1.35. The number of nitrogens with one attached hydrogen (secondary N) is 1. The monoisotopic (exact) mass is 305 g/mol. The summed E-state index contributed by atoms with van der Waals surface area (Å²) in [6, 6.07) is 4.13. The summed E-state index contributed by atoms with van der Waals surface area (Å²) < 4.78 is 5.15. The minimum Gasteiger partial charge on any atom is -0.733 e. The van der Waals surface area contributed by atoms with Gasteiger partial charge in [0.2, 0.25) is 0 Å². The predicted octanol–water partition coefficient (Wildman–Crippen LogP) is -0.116. The van der Waals surface area contributed by atoms with Crippen molar-refractivity contribution in [3.05, 3.63) is 28.4 Å². The molecule has 0 bridgehead atoms. The van der Waals surface area contributed by atoms with Crippen molar-refractivity contribution in [3.63, 3.8) is 0 Å². The van der Waals surface area contributed by atoms with Crippen LogP contribution in [-0.4, -0.2) is 51.7 Å². The Balaban J connectivity index is 2.12. The summed E-state index contributed by atoms with van der Waals surface area (Å²) in [6.45, 7) is -0.149. The third kappa shape index (κ3) is 3.13. The van der Waals surface area contributed by atoms with E-state index in [9.17, 15) is 20.5 Å². The van der Waals surface area contributed by atoms with E-state index in [0.29, 0.717) is 5.69 Å². The van der Waals surface area contributed by atoms with Gasteiger partial charge in [0.1, 0.15) is 18.3 Å². The SMILES string of the molecule is [O-]N(O)c1cc(NC2OCC(O)C(O)C2O)ccc1Cl. The van der Waals surface area contributed by atoms with Crippen LogP contribution in [0.25, 0.3) is 0 Å². The molecule has 0 aliphatic carbocycles. The second-order valence-corrected chi connectivity index (χ2v) is 4.79. The number of ether oxygens (including phenoxy) is 1. The van der Waals surface area contributed by atoms with Crippen LogP contribution in [0.1, 0.15) is 0 Å². The van der Waals surface area contributed by atoms with Gasteiger partial charge in [0.25, 0.3) is 0 Å². The summed E-state index contributed by atoms with van der Waals surface area (Å²) in [5, 5.41) is 50.8. The molecule has 1 aliphatic heterocycles. The van der Waals surface area contributed by atoms with Crippen LogP contribution in [0.4, 0.5) is 11.4 Å². The lowest BCUT2D eigenvalue weighted by Crippen LogP contribution is -2.55. The number of hydrogen-bond donors (Lipinski definition) is 5. The number of rotatable bonds is 3. The fraction of sp³-hybridized carbons (Fsp3) is 0.455. The number of aliphatic hydroxyl groups excluding tert-OH is 3. The van der Waals surface area contributed by atoms with Crippen LogP contribution in [0.5, 0.6) is 0 Å². The average molecular weight is 306 g/mol. The van der Waals surface area contributed by atoms with Gasteiger partial charge in [-0.3, -0.25) is 5.21 Å². The van der Waals surface area contributed by atoms with Crippen LogP contribution in [0.3, 0.4) is 0 Å². The molecule has 1 aromatic rings. The molecule has 1 aliphatic rings. The maximum atomic E-state index is 10.9. The summed E-state index contributed by atoms with van der Waals surface area (Å²) in [6.07, 6.45) is -4.84. The Hall–Kier alpha value is -1.13. The van der Waals surface area contributed by atoms with Crippen LogP contribution in [0.2, 0.25) is 5.02 Å². The van der Waals surface area contributed by atoms with Gasteiger partial charge in [-0.25, -0.2) is 0 Å². The number of aliphatic hydroxyl groups is 3. The third-order valence-corrected chi connectivity index (χ3v) is 3.28. The van der Waals surface area contributed by atoms with E-state index in [4.69, 9.17) is 21.5 Å². The molecule has 0 radical (unpaired) electrons. The normalized spacial score (nSPS) is 30.1. The zero-order chi connectivity index (χ0) is 14.9. The van der Waals surface area contributed by atoms with E-state index in [1.54, 1.807) is 0 Å². The zero-order valence-electron chi connectivity index (χ0n) is 10.2. The van der Waals surface area contributed by atoms with Gasteiger partial charge in [0.15, 0.2) is 6.23 Å². The second-order valence-electron chi connectivity index (χ2n) is 4.39. The molecular formula is C11H14ClN2O6-. The second kappa shape index (κ2) is 6.10. The first kappa shape index (κ1) is 15.3. The van der Waals surface area contributed by atoms with Crippen molar-refractivity contribution >= 4 is 23.0 Å². The third-order valence-electron chi connectivity index (χ3n) is 2.96. The first-order valence-corrected chi connectivity index (χ1v) is 6.16. The summed E-state index contributed by atoms with van der Waals surface area (Å²) >= 11 is 5.72. The van der Waals surface area contributed by atoms with Crippen molar-refractivity contribution in [3.8, 4) is 0 Å². The lowest BCUT2D eigenvalue weighted by molar-refractivity contribution is -0.178. The highest BCUT2D eigenvalue weighted by Gasteiger charge is 2.37. The molecule has 0 amide bonds. The maximum absolute atomic E-state index is 10.9. The molecule has 2 rings (SSSR count). The first-order valence-electron chi connectivity index (χ1n) is 5.78. The highest BCUT2D eigenvalue weighted by Crippen LogP contribution is 2.29. The number of anilines is 2. The number of benzene rings is 1. The summed E-state index contributed by atoms with van der Waals surface area (Å²) in [4.78, 5) is 0. The summed E-state index contributed by atoms with van der Waals surface area (Å²) in [5.74, 6) is 0. The quantitative estimate of drug-likeness (QED) is 0.489. The minimum absolute atomic E-state index is 0.0496. The summed E-state index contributed by atoms with van der Waals surface area (Å²) in [7, 11) is 0. The molecule has 5 N–H and O–H groups in total. The van der Waals surface area contributed by atoms with Gasteiger partial charge in [-0.2, -0.15) is 0 Å². The lowest BCUT2D eigenvalue weighted by Gasteiger charge is -2.36. The molecule has 0 aromatic heterocycles. The number of hydrogen-bond acceptors (Lipinski definition) is 8. The Labute approximate surface area is 119 Å². The van der Waals surface area contributed by atoms with E-state index in [2.05, 4.69) is 5.32 Å². The van der Waals surface area contributed by atoms with Gasteiger partial charge in [0.05, 0.1) is 17.3 Å². The molecule has 0 saturated carbocycles. The Morgan fingerprint density at radius 1 is 1.30 bits per heavy atom. The molecule has 1 saturated heterocycles. The summed E-state index contributed by atoms with van der Waals surface area (Å²) in [5.41, 5.74) is 0.162. The first-order chi connectivity index (χ1) is 9.40. The van der Waals surface area contributed by atoms with E-state index >= 15 is 0 Å².